The topological polar surface area (TPSA) is 79.4 Å². The Morgan fingerprint density at radius 2 is 1.89 bits per heavy atom. The number of aromatic nitrogens is 1. The van der Waals surface area contributed by atoms with E-state index < -0.39 is 10.0 Å². The fraction of sp³-hybridized carbons (Fsp3) is 0.300. The van der Waals surface area contributed by atoms with Crippen LogP contribution in [0.4, 0.5) is 5.82 Å². The zero-order valence-electron chi connectivity index (χ0n) is 15.2. The van der Waals surface area contributed by atoms with Crippen molar-refractivity contribution in [1.29, 1.82) is 0 Å². The molecule has 1 aliphatic heterocycles. The van der Waals surface area contributed by atoms with Crippen molar-refractivity contribution in [3.63, 3.8) is 0 Å². The molecule has 2 aromatic rings. The highest BCUT2D eigenvalue weighted by Gasteiger charge is 2.30. The Kier molecular flexibility index (Phi) is 6.03. The number of rotatable bonds is 5. The first-order chi connectivity index (χ1) is 12.9. The van der Waals surface area contributed by atoms with Gasteiger partial charge in [0.2, 0.25) is 15.9 Å². The molecule has 1 amide bonds. The van der Waals surface area contributed by atoms with Crippen LogP contribution in [-0.2, 0) is 14.8 Å². The Morgan fingerprint density at radius 3 is 2.56 bits per heavy atom. The van der Waals surface area contributed by atoms with Gasteiger partial charge in [0.05, 0.1) is 0 Å². The predicted octanol–water partition coefficient (Wildman–Crippen LogP) is 3.04. The molecule has 27 heavy (non-hydrogen) atoms. The van der Waals surface area contributed by atoms with Gasteiger partial charge in [-0.3, -0.25) is 4.79 Å². The fourth-order valence-corrected chi connectivity index (χ4v) is 4.24. The molecule has 1 N–H and O–H groups in total. The second-order valence-corrected chi connectivity index (χ2v) is 8.46. The van der Waals surface area contributed by atoms with E-state index in [2.05, 4.69) is 10.3 Å². The SMILES string of the molecule is Cc1ccnc(NC(=O)C2CCN(S(=O)(=O)/C=C/c3ccccc3)CC2)c1. The van der Waals surface area contributed by atoms with Crippen LogP contribution in [0.2, 0.25) is 0 Å². The summed E-state index contributed by atoms with van der Waals surface area (Å²) in [6.45, 7) is 2.60. The molecule has 0 radical (unpaired) electrons. The maximum atomic E-state index is 12.5. The van der Waals surface area contributed by atoms with Gasteiger partial charge in [0.1, 0.15) is 5.82 Å². The summed E-state index contributed by atoms with van der Waals surface area (Å²) in [4.78, 5) is 16.5. The van der Waals surface area contributed by atoms with Crippen LogP contribution in [0, 0.1) is 12.8 Å². The van der Waals surface area contributed by atoms with E-state index in [1.165, 1.54) is 9.71 Å². The van der Waals surface area contributed by atoms with E-state index >= 15 is 0 Å². The molecule has 1 aromatic carbocycles. The van der Waals surface area contributed by atoms with Crippen molar-refractivity contribution in [2.75, 3.05) is 18.4 Å². The van der Waals surface area contributed by atoms with E-state index in [1.54, 1.807) is 12.3 Å². The number of aryl methyl sites for hydroxylation is 1. The summed E-state index contributed by atoms with van der Waals surface area (Å²) in [6, 6.07) is 13.0. The third kappa shape index (κ3) is 5.24. The molecule has 6 nitrogen and oxygen atoms in total. The van der Waals surface area contributed by atoms with E-state index in [4.69, 9.17) is 0 Å². The third-order valence-electron chi connectivity index (χ3n) is 4.58. The summed E-state index contributed by atoms with van der Waals surface area (Å²) < 4.78 is 26.4. The number of sulfonamides is 1. The lowest BCUT2D eigenvalue weighted by atomic mass is 9.97. The van der Waals surface area contributed by atoms with Gasteiger partial charge < -0.3 is 5.32 Å². The zero-order chi connectivity index (χ0) is 19.3. The molecule has 7 heteroatoms. The highest BCUT2D eigenvalue weighted by molar-refractivity contribution is 7.92. The van der Waals surface area contributed by atoms with Gasteiger partial charge in [-0.2, -0.15) is 4.31 Å². The monoisotopic (exact) mass is 385 g/mol. The van der Waals surface area contributed by atoms with Gasteiger partial charge >= 0.3 is 0 Å². The number of benzene rings is 1. The van der Waals surface area contributed by atoms with Crippen molar-refractivity contribution >= 4 is 27.8 Å². The summed E-state index contributed by atoms with van der Waals surface area (Å²) in [6.07, 6.45) is 4.24. The molecule has 2 heterocycles. The first-order valence-corrected chi connectivity index (χ1v) is 10.4. The number of nitrogens with zero attached hydrogens (tertiary/aromatic N) is 2. The number of anilines is 1. The summed E-state index contributed by atoms with van der Waals surface area (Å²) >= 11 is 0. The average Bonchev–Trinajstić information content (AvgIpc) is 2.67. The molecule has 0 unspecified atom stereocenters. The molecule has 1 saturated heterocycles. The van der Waals surface area contributed by atoms with Gasteiger partial charge in [-0.15, -0.1) is 0 Å². The average molecular weight is 385 g/mol. The van der Waals surface area contributed by atoms with Crippen molar-refractivity contribution < 1.29 is 13.2 Å². The van der Waals surface area contributed by atoms with Gasteiger partial charge in [0.25, 0.3) is 0 Å². The highest BCUT2D eigenvalue weighted by atomic mass is 32.2. The molecule has 0 spiro atoms. The van der Waals surface area contributed by atoms with Crippen molar-refractivity contribution in [3.8, 4) is 0 Å². The van der Waals surface area contributed by atoms with Gasteiger partial charge in [-0.25, -0.2) is 13.4 Å². The maximum Gasteiger partial charge on any atom is 0.236 e. The normalized spacial score (nSPS) is 16.5. The lowest BCUT2D eigenvalue weighted by molar-refractivity contribution is -0.120. The lowest BCUT2D eigenvalue weighted by Gasteiger charge is -2.29. The van der Waals surface area contributed by atoms with Crippen molar-refractivity contribution in [1.82, 2.24) is 9.29 Å². The summed E-state index contributed by atoms with van der Waals surface area (Å²) in [5.74, 6) is 0.211. The molecular weight excluding hydrogens is 362 g/mol. The van der Waals surface area contributed by atoms with Crippen molar-refractivity contribution in [2.24, 2.45) is 5.92 Å². The molecular formula is C20H23N3O3S. The second-order valence-electron chi connectivity index (χ2n) is 6.64. The minimum Gasteiger partial charge on any atom is -0.310 e. The minimum atomic E-state index is -3.49. The highest BCUT2D eigenvalue weighted by Crippen LogP contribution is 2.22. The van der Waals surface area contributed by atoms with Crippen LogP contribution < -0.4 is 5.32 Å². The summed E-state index contributed by atoms with van der Waals surface area (Å²) in [5, 5.41) is 4.06. The molecule has 0 bridgehead atoms. The number of nitrogens with one attached hydrogen (secondary N) is 1. The van der Waals surface area contributed by atoms with Crippen LogP contribution in [-0.4, -0.2) is 36.7 Å². The van der Waals surface area contributed by atoms with Gasteiger partial charge in [-0.05, 0) is 49.1 Å². The Bertz CT molecular complexity index is 918. The predicted molar refractivity (Wildman–Crippen MR) is 106 cm³/mol. The number of pyridine rings is 1. The number of hydrogen-bond acceptors (Lipinski definition) is 4. The molecule has 1 fully saturated rings. The lowest BCUT2D eigenvalue weighted by Crippen LogP contribution is -2.40. The van der Waals surface area contributed by atoms with Crippen LogP contribution in [0.25, 0.3) is 6.08 Å². The number of amides is 1. The molecule has 0 saturated carbocycles. The van der Waals surface area contributed by atoms with Gasteiger partial charge in [-0.1, -0.05) is 30.3 Å². The van der Waals surface area contributed by atoms with E-state index in [9.17, 15) is 13.2 Å². The standard InChI is InChI=1S/C20H23N3O3S/c1-16-7-11-21-19(15-16)22-20(24)18-8-12-23(13-9-18)27(25,26)14-10-17-5-3-2-4-6-17/h2-7,10-11,14-15,18H,8-9,12-13H2,1H3,(H,21,22,24)/b14-10+. The van der Waals surface area contributed by atoms with Gasteiger partial charge in [0.15, 0.2) is 0 Å². The number of piperidine rings is 1. The third-order valence-corrected chi connectivity index (χ3v) is 6.15. The molecule has 0 aliphatic carbocycles. The largest absolute Gasteiger partial charge is 0.310 e. The molecule has 142 valence electrons. The number of carbonyl (C=O) groups is 1. The Hall–Kier alpha value is -2.51. The summed E-state index contributed by atoms with van der Waals surface area (Å²) in [7, 11) is -3.49. The second kappa shape index (κ2) is 8.45. The van der Waals surface area contributed by atoms with Crippen LogP contribution in [0.3, 0.4) is 0 Å². The summed E-state index contributed by atoms with van der Waals surface area (Å²) in [5.41, 5.74) is 1.85. The zero-order valence-corrected chi connectivity index (χ0v) is 16.0. The molecule has 0 atom stereocenters. The maximum absolute atomic E-state index is 12.5. The molecule has 1 aromatic heterocycles. The smallest absolute Gasteiger partial charge is 0.236 e. The Labute approximate surface area is 160 Å². The van der Waals surface area contributed by atoms with E-state index in [0.717, 1.165) is 11.1 Å². The van der Waals surface area contributed by atoms with Crippen LogP contribution in [0.5, 0.6) is 0 Å². The molecule has 1 aliphatic rings. The fourth-order valence-electron chi connectivity index (χ4n) is 3.02. The van der Waals surface area contributed by atoms with Crippen molar-refractivity contribution in [3.05, 3.63) is 65.2 Å². The number of carbonyl (C=O) groups excluding carboxylic acids is 1. The van der Waals surface area contributed by atoms with Crippen LogP contribution in [0.1, 0.15) is 24.0 Å². The van der Waals surface area contributed by atoms with Gasteiger partial charge in [0, 0.05) is 30.6 Å². The Morgan fingerprint density at radius 1 is 1.19 bits per heavy atom. The first kappa shape index (κ1) is 19.3. The number of hydrogen-bond donors (Lipinski definition) is 1. The first-order valence-electron chi connectivity index (χ1n) is 8.91. The van der Waals surface area contributed by atoms with Crippen LogP contribution >= 0.6 is 0 Å². The molecule has 3 rings (SSSR count). The Balaban J connectivity index is 1.56. The van der Waals surface area contributed by atoms with Crippen LogP contribution in [0.15, 0.2) is 54.1 Å². The van der Waals surface area contributed by atoms with E-state index in [1.807, 2.05) is 49.4 Å². The van der Waals surface area contributed by atoms with Crippen molar-refractivity contribution in [2.45, 2.75) is 19.8 Å². The quantitative estimate of drug-likeness (QED) is 0.858. The minimum absolute atomic E-state index is 0.107. The van der Waals surface area contributed by atoms with E-state index in [-0.39, 0.29) is 11.8 Å². The van der Waals surface area contributed by atoms with E-state index in [0.29, 0.717) is 31.7 Å².